The molecule has 0 spiro atoms. The van der Waals surface area contributed by atoms with E-state index >= 15 is 0 Å². The number of nitrogens with one attached hydrogen (secondary N) is 2. The zero-order valence-electron chi connectivity index (χ0n) is 13.6. The van der Waals surface area contributed by atoms with Crippen LogP contribution in [0, 0.1) is 5.92 Å². The Labute approximate surface area is 150 Å². The van der Waals surface area contributed by atoms with Crippen molar-refractivity contribution in [2.24, 2.45) is 5.92 Å². The van der Waals surface area contributed by atoms with Crippen LogP contribution in [-0.2, 0) is 4.79 Å². The van der Waals surface area contributed by atoms with Gasteiger partial charge in [-0.15, -0.1) is 11.3 Å². The van der Waals surface area contributed by atoms with Crippen LogP contribution in [0.4, 0.5) is 16.5 Å². The molecular formula is C19H18N4OS. The van der Waals surface area contributed by atoms with Crippen LogP contribution in [0.3, 0.4) is 0 Å². The Balaban J connectivity index is 1.39. The number of carbonyl (C=O) groups excluding carboxylic acids is 1. The molecule has 1 fully saturated rings. The second kappa shape index (κ2) is 7.03. The van der Waals surface area contributed by atoms with E-state index in [9.17, 15) is 4.79 Å². The number of pyridine rings is 1. The smallest absolute Gasteiger partial charge is 0.227 e. The number of hydrogen-bond donors (Lipinski definition) is 2. The molecule has 0 aliphatic heterocycles. The van der Waals surface area contributed by atoms with Crippen LogP contribution in [0.15, 0.2) is 54.2 Å². The van der Waals surface area contributed by atoms with Gasteiger partial charge in [-0.05, 0) is 49.2 Å². The lowest BCUT2D eigenvalue weighted by Crippen LogP contribution is -2.27. The molecule has 1 amide bonds. The molecule has 1 aliphatic rings. The standard InChI is InChI=1S/C19H18N4OS/c24-18(14-2-1-3-14)21-15-4-6-16(7-5-15)22-19-23-17(12-25-19)13-8-10-20-11-9-13/h4-12,14H,1-3H2,(H,21,24)(H,22,23). The molecule has 0 unspecified atom stereocenters. The number of nitrogens with zero attached hydrogens (tertiary/aromatic N) is 2. The quantitative estimate of drug-likeness (QED) is 0.701. The highest BCUT2D eigenvalue weighted by molar-refractivity contribution is 7.14. The molecule has 2 heterocycles. The van der Waals surface area contributed by atoms with Gasteiger partial charge in [0.25, 0.3) is 0 Å². The number of rotatable bonds is 5. The van der Waals surface area contributed by atoms with Gasteiger partial charge >= 0.3 is 0 Å². The van der Waals surface area contributed by atoms with Crippen molar-refractivity contribution in [1.29, 1.82) is 0 Å². The highest BCUT2D eigenvalue weighted by Crippen LogP contribution is 2.29. The zero-order valence-corrected chi connectivity index (χ0v) is 14.4. The molecule has 1 saturated carbocycles. The van der Waals surface area contributed by atoms with Crippen molar-refractivity contribution in [2.75, 3.05) is 10.6 Å². The van der Waals surface area contributed by atoms with E-state index in [0.717, 1.165) is 47.0 Å². The van der Waals surface area contributed by atoms with Gasteiger partial charge in [0.2, 0.25) is 5.91 Å². The van der Waals surface area contributed by atoms with E-state index in [1.807, 2.05) is 41.8 Å². The SMILES string of the molecule is O=C(Nc1ccc(Nc2nc(-c3ccncc3)cs2)cc1)C1CCC1. The van der Waals surface area contributed by atoms with Gasteiger partial charge in [0.05, 0.1) is 5.69 Å². The van der Waals surface area contributed by atoms with E-state index in [4.69, 9.17) is 0 Å². The monoisotopic (exact) mass is 350 g/mol. The fraction of sp³-hybridized carbons (Fsp3) is 0.211. The summed E-state index contributed by atoms with van der Waals surface area (Å²) in [6, 6.07) is 11.6. The third-order valence-corrected chi connectivity index (χ3v) is 5.12. The number of thiazole rings is 1. The fourth-order valence-electron chi connectivity index (χ4n) is 2.66. The number of benzene rings is 1. The molecule has 2 N–H and O–H groups in total. The number of carbonyl (C=O) groups is 1. The van der Waals surface area contributed by atoms with Gasteiger partial charge in [-0.3, -0.25) is 9.78 Å². The van der Waals surface area contributed by atoms with Gasteiger partial charge in [0.15, 0.2) is 5.13 Å². The Hall–Kier alpha value is -2.73. The number of anilines is 3. The van der Waals surface area contributed by atoms with E-state index in [0.29, 0.717) is 0 Å². The zero-order chi connectivity index (χ0) is 17.1. The fourth-order valence-corrected chi connectivity index (χ4v) is 3.40. The van der Waals surface area contributed by atoms with Gasteiger partial charge in [0.1, 0.15) is 0 Å². The van der Waals surface area contributed by atoms with Gasteiger partial charge in [-0.25, -0.2) is 4.98 Å². The third-order valence-electron chi connectivity index (χ3n) is 4.36. The molecule has 3 aromatic rings. The van der Waals surface area contributed by atoms with Crippen molar-refractivity contribution >= 4 is 33.8 Å². The minimum Gasteiger partial charge on any atom is -0.332 e. The van der Waals surface area contributed by atoms with Gasteiger partial charge in [-0.2, -0.15) is 0 Å². The first-order valence-corrected chi connectivity index (χ1v) is 9.20. The summed E-state index contributed by atoms with van der Waals surface area (Å²) in [6.45, 7) is 0. The first kappa shape index (κ1) is 15.8. The van der Waals surface area contributed by atoms with Crippen LogP contribution in [0.1, 0.15) is 19.3 Å². The summed E-state index contributed by atoms with van der Waals surface area (Å²) in [5.74, 6) is 0.327. The van der Waals surface area contributed by atoms with Gasteiger partial charge in [-0.1, -0.05) is 6.42 Å². The minimum atomic E-state index is 0.133. The number of hydrogen-bond acceptors (Lipinski definition) is 5. The summed E-state index contributed by atoms with van der Waals surface area (Å²) in [6.07, 6.45) is 6.71. The number of aromatic nitrogens is 2. The molecular weight excluding hydrogens is 332 g/mol. The van der Waals surface area contributed by atoms with Gasteiger partial charge in [0, 0.05) is 40.6 Å². The lowest BCUT2D eigenvalue weighted by Gasteiger charge is -2.24. The van der Waals surface area contributed by atoms with Crippen molar-refractivity contribution in [2.45, 2.75) is 19.3 Å². The van der Waals surface area contributed by atoms with E-state index in [1.165, 1.54) is 0 Å². The molecule has 0 atom stereocenters. The maximum atomic E-state index is 12.0. The first-order chi connectivity index (χ1) is 12.3. The minimum absolute atomic E-state index is 0.133. The molecule has 126 valence electrons. The highest BCUT2D eigenvalue weighted by Gasteiger charge is 2.24. The summed E-state index contributed by atoms with van der Waals surface area (Å²) < 4.78 is 0. The van der Waals surface area contributed by atoms with Crippen molar-refractivity contribution in [1.82, 2.24) is 9.97 Å². The molecule has 0 bridgehead atoms. The second-order valence-electron chi connectivity index (χ2n) is 6.09. The lowest BCUT2D eigenvalue weighted by molar-refractivity contribution is -0.122. The molecule has 1 aliphatic carbocycles. The maximum absolute atomic E-state index is 12.0. The summed E-state index contributed by atoms with van der Waals surface area (Å²) in [7, 11) is 0. The molecule has 4 rings (SSSR count). The van der Waals surface area contributed by atoms with Crippen LogP contribution in [-0.4, -0.2) is 15.9 Å². The van der Waals surface area contributed by atoms with Crippen LogP contribution in [0.2, 0.25) is 0 Å². The van der Waals surface area contributed by atoms with Gasteiger partial charge < -0.3 is 10.6 Å². The Kier molecular flexibility index (Phi) is 4.43. The van der Waals surface area contributed by atoms with Crippen LogP contribution < -0.4 is 10.6 Å². The Bertz CT molecular complexity index is 857. The molecule has 25 heavy (non-hydrogen) atoms. The average Bonchev–Trinajstić information content (AvgIpc) is 3.04. The molecule has 1 aromatic carbocycles. The highest BCUT2D eigenvalue weighted by atomic mass is 32.1. The molecule has 2 aromatic heterocycles. The summed E-state index contributed by atoms with van der Waals surface area (Å²) >= 11 is 1.56. The second-order valence-corrected chi connectivity index (χ2v) is 6.95. The largest absolute Gasteiger partial charge is 0.332 e. The topological polar surface area (TPSA) is 66.9 Å². The van der Waals surface area contributed by atoms with Crippen LogP contribution in [0.25, 0.3) is 11.3 Å². The Morgan fingerprint density at radius 2 is 1.76 bits per heavy atom. The third kappa shape index (κ3) is 3.69. The predicted molar refractivity (Wildman–Crippen MR) is 101 cm³/mol. The molecule has 0 radical (unpaired) electrons. The first-order valence-electron chi connectivity index (χ1n) is 8.32. The molecule has 5 nitrogen and oxygen atoms in total. The summed E-state index contributed by atoms with van der Waals surface area (Å²) in [4.78, 5) is 20.6. The van der Waals surface area contributed by atoms with E-state index in [-0.39, 0.29) is 11.8 Å². The van der Waals surface area contributed by atoms with E-state index in [2.05, 4.69) is 20.6 Å². The molecule has 0 saturated heterocycles. The average molecular weight is 350 g/mol. The van der Waals surface area contributed by atoms with Crippen LogP contribution in [0.5, 0.6) is 0 Å². The maximum Gasteiger partial charge on any atom is 0.227 e. The van der Waals surface area contributed by atoms with Crippen molar-refractivity contribution in [3.63, 3.8) is 0 Å². The molecule has 6 heteroatoms. The number of amides is 1. The van der Waals surface area contributed by atoms with Crippen molar-refractivity contribution in [3.05, 3.63) is 54.2 Å². The van der Waals surface area contributed by atoms with E-state index in [1.54, 1.807) is 23.7 Å². The summed E-state index contributed by atoms with van der Waals surface area (Å²) in [5, 5.41) is 9.12. The predicted octanol–water partition coefficient (Wildman–Crippen LogP) is 4.69. The normalized spacial score (nSPS) is 13.9. The Morgan fingerprint density at radius 1 is 1.04 bits per heavy atom. The lowest BCUT2D eigenvalue weighted by atomic mass is 9.85. The van der Waals surface area contributed by atoms with E-state index < -0.39 is 0 Å². The van der Waals surface area contributed by atoms with Crippen LogP contribution >= 0.6 is 11.3 Å². The van der Waals surface area contributed by atoms with Crippen molar-refractivity contribution < 1.29 is 4.79 Å². The summed E-state index contributed by atoms with van der Waals surface area (Å²) in [5.41, 5.74) is 3.75. The van der Waals surface area contributed by atoms with Crippen molar-refractivity contribution in [3.8, 4) is 11.3 Å². The Morgan fingerprint density at radius 3 is 2.44 bits per heavy atom.